The van der Waals surface area contributed by atoms with E-state index < -0.39 is 0 Å². The summed E-state index contributed by atoms with van der Waals surface area (Å²) >= 11 is 0. The first-order chi connectivity index (χ1) is 7.06. The van der Waals surface area contributed by atoms with Crippen molar-refractivity contribution in [3.8, 4) is 11.8 Å². The largest absolute Gasteiger partial charge is 0.260 e. The average Bonchev–Trinajstić information content (AvgIpc) is 2.18. The van der Waals surface area contributed by atoms with Crippen molar-refractivity contribution in [3.05, 3.63) is 29.1 Å². The van der Waals surface area contributed by atoms with Crippen molar-refractivity contribution >= 4 is 0 Å². The summed E-state index contributed by atoms with van der Waals surface area (Å²) in [6.07, 6.45) is 1.90. The SMILES string of the molecule is CC#Cc1cnc(C(C)C)cc1C(C)C. The third kappa shape index (κ3) is 2.83. The number of hydrogen-bond donors (Lipinski definition) is 0. The van der Waals surface area contributed by atoms with E-state index in [4.69, 9.17) is 0 Å². The van der Waals surface area contributed by atoms with Gasteiger partial charge >= 0.3 is 0 Å². The highest BCUT2D eigenvalue weighted by Gasteiger charge is 2.09. The molecule has 80 valence electrons. The summed E-state index contributed by atoms with van der Waals surface area (Å²) < 4.78 is 0. The molecule has 1 nitrogen and oxygen atoms in total. The van der Waals surface area contributed by atoms with Gasteiger partial charge in [-0.1, -0.05) is 33.6 Å². The molecule has 0 atom stereocenters. The first kappa shape index (κ1) is 11.8. The fraction of sp³-hybridized carbons (Fsp3) is 0.500. The molecule has 0 bridgehead atoms. The minimum atomic E-state index is 0.478. The molecule has 0 unspecified atom stereocenters. The maximum atomic E-state index is 4.44. The van der Waals surface area contributed by atoms with Gasteiger partial charge in [0, 0.05) is 17.5 Å². The molecule has 1 heterocycles. The van der Waals surface area contributed by atoms with Crippen LogP contribution in [0.15, 0.2) is 12.3 Å². The summed E-state index contributed by atoms with van der Waals surface area (Å²) in [5.41, 5.74) is 3.53. The minimum Gasteiger partial charge on any atom is -0.260 e. The van der Waals surface area contributed by atoms with Crippen LogP contribution >= 0.6 is 0 Å². The summed E-state index contributed by atoms with van der Waals surface area (Å²) in [7, 11) is 0. The monoisotopic (exact) mass is 201 g/mol. The van der Waals surface area contributed by atoms with Gasteiger partial charge in [-0.3, -0.25) is 4.98 Å². The standard InChI is InChI=1S/C14H19N/c1-6-7-12-9-15-14(11(4)5)8-13(12)10(2)3/h8-11H,1-5H3. The summed E-state index contributed by atoms with van der Waals surface area (Å²) in [6.45, 7) is 10.6. The van der Waals surface area contributed by atoms with Crippen molar-refractivity contribution < 1.29 is 0 Å². The summed E-state index contributed by atoms with van der Waals surface area (Å²) in [5.74, 6) is 7.03. The number of aromatic nitrogens is 1. The van der Waals surface area contributed by atoms with Gasteiger partial charge < -0.3 is 0 Å². The second-order valence-electron chi connectivity index (χ2n) is 4.38. The van der Waals surface area contributed by atoms with Crippen LogP contribution in [-0.4, -0.2) is 4.98 Å². The Balaban J connectivity index is 3.25. The summed E-state index contributed by atoms with van der Waals surface area (Å²) in [5, 5.41) is 0. The Morgan fingerprint density at radius 2 is 1.80 bits per heavy atom. The molecule has 1 aromatic heterocycles. The molecule has 1 rings (SSSR count). The van der Waals surface area contributed by atoms with Gasteiger partial charge in [-0.05, 0) is 30.4 Å². The summed E-state index contributed by atoms with van der Waals surface area (Å²) in [6, 6.07) is 2.19. The van der Waals surface area contributed by atoms with Crippen molar-refractivity contribution in [1.29, 1.82) is 0 Å². The van der Waals surface area contributed by atoms with Crippen molar-refractivity contribution in [1.82, 2.24) is 4.98 Å². The minimum absolute atomic E-state index is 0.478. The van der Waals surface area contributed by atoms with Crippen molar-refractivity contribution in [2.45, 2.75) is 46.5 Å². The van der Waals surface area contributed by atoms with Gasteiger partial charge in [-0.15, -0.1) is 5.92 Å². The highest BCUT2D eigenvalue weighted by Crippen LogP contribution is 2.22. The van der Waals surface area contributed by atoms with E-state index in [0.29, 0.717) is 11.8 Å². The maximum absolute atomic E-state index is 4.44. The number of nitrogens with zero attached hydrogens (tertiary/aromatic N) is 1. The Hall–Kier alpha value is -1.29. The van der Waals surface area contributed by atoms with E-state index in [1.807, 2.05) is 13.1 Å². The van der Waals surface area contributed by atoms with Gasteiger partial charge in [0.1, 0.15) is 0 Å². The van der Waals surface area contributed by atoms with Crippen LogP contribution in [0, 0.1) is 11.8 Å². The molecule has 0 saturated heterocycles. The number of rotatable bonds is 2. The highest BCUT2D eigenvalue weighted by atomic mass is 14.7. The Kier molecular flexibility index (Phi) is 3.91. The Morgan fingerprint density at radius 3 is 2.27 bits per heavy atom. The molecule has 0 fully saturated rings. The predicted molar refractivity (Wildman–Crippen MR) is 65.0 cm³/mol. The zero-order valence-corrected chi connectivity index (χ0v) is 10.3. The van der Waals surface area contributed by atoms with Crippen LogP contribution in [0.4, 0.5) is 0 Å². The van der Waals surface area contributed by atoms with Gasteiger partial charge in [0.25, 0.3) is 0 Å². The van der Waals surface area contributed by atoms with Crippen LogP contribution in [0.25, 0.3) is 0 Å². The molecule has 0 aromatic carbocycles. The highest BCUT2D eigenvalue weighted by molar-refractivity contribution is 5.42. The fourth-order valence-electron chi connectivity index (χ4n) is 1.52. The van der Waals surface area contributed by atoms with Gasteiger partial charge in [0.05, 0.1) is 0 Å². The van der Waals surface area contributed by atoms with E-state index in [1.165, 1.54) is 5.56 Å². The normalized spacial score (nSPS) is 10.3. The molecule has 0 aliphatic heterocycles. The molecule has 1 heteroatoms. The van der Waals surface area contributed by atoms with Gasteiger partial charge in [-0.25, -0.2) is 0 Å². The number of pyridine rings is 1. The predicted octanol–water partition coefficient (Wildman–Crippen LogP) is 3.70. The van der Waals surface area contributed by atoms with E-state index in [0.717, 1.165) is 11.3 Å². The van der Waals surface area contributed by atoms with E-state index in [2.05, 4.69) is 50.6 Å². The topological polar surface area (TPSA) is 12.9 Å². The molecular weight excluding hydrogens is 182 g/mol. The Morgan fingerprint density at radius 1 is 1.13 bits per heavy atom. The molecule has 0 spiro atoms. The van der Waals surface area contributed by atoms with Gasteiger partial charge in [0.15, 0.2) is 0 Å². The Labute approximate surface area is 92.9 Å². The molecule has 0 amide bonds. The van der Waals surface area contributed by atoms with E-state index in [9.17, 15) is 0 Å². The summed E-state index contributed by atoms with van der Waals surface area (Å²) in [4.78, 5) is 4.44. The lowest BCUT2D eigenvalue weighted by molar-refractivity contribution is 0.797. The second-order valence-corrected chi connectivity index (χ2v) is 4.38. The molecule has 0 aliphatic carbocycles. The third-order valence-electron chi connectivity index (χ3n) is 2.43. The quantitative estimate of drug-likeness (QED) is 0.665. The number of hydrogen-bond acceptors (Lipinski definition) is 1. The first-order valence-corrected chi connectivity index (χ1v) is 5.48. The molecular formula is C14H19N. The van der Waals surface area contributed by atoms with Crippen molar-refractivity contribution in [2.75, 3.05) is 0 Å². The molecule has 1 aromatic rings. The van der Waals surface area contributed by atoms with E-state index in [-0.39, 0.29) is 0 Å². The van der Waals surface area contributed by atoms with Crippen LogP contribution in [0.1, 0.15) is 63.3 Å². The lowest BCUT2D eigenvalue weighted by Gasteiger charge is -2.12. The lowest BCUT2D eigenvalue weighted by atomic mass is 9.96. The Bertz CT molecular complexity index is 392. The third-order valence-corrected chi connectivity index (χ3v) is 2.43. The zero-order chi connectivity index (χ0) is 11.4. The molecule has 15 heavy (non-hydrogen) atoms. The fourth-order valence-corrected chi connectivity index (χ4v) is 1.52. The lowest BCUT2D eigenvalue weighted by Crippen LogP contribution is -1.99. The van der Waals surface area contributed by atoms with Crippen LogP contribution in [0.5, 0.6) is 0 Å². The smallest absolute Gasteiger partial charge is 0.0463 e. The second kappa shape index (κ2) is 4.98. The van der Waals surface area contributed by atoms with Crippen molar-refractivity contribution in [2.24, 2.45) is 0 Å². The molecule has 0 aliphatic rings. The zero-order valence-electron chi connectivity index (χ0n) is 10.3. The average molecular weight is 201 g/mol. The van der Waals surface area contributed by atoms with Gasteiger partial charge in [-0.2, -0.15) is 0 Å². The van der Waals surface area contributed by atoms with Crippen LogP contribution in [-0.2, 0) is 0 Å². The van der Waals surface area contributed by atoms with Crippen molar-refractivity contribution in [3.63, 3.8) is 0 Å². The van der Waals surface area contributed by atoms with Gasteiger partial charge in [0.2, 0.25) is 0 Å². The van der Waals surface area contributed by atoms with Crippen LogP contribution < -0.4 is 0 Å². The van der Waals surface area contributed by atoms with Crippen LogP contribution in [0.2, 0.25) is 0 Å². The van der Waals surface area contributed by atoms with E-state index >= 15 is 0 Å². The van der Waals surface area contributed by atoms with Crippen LogP contribution in [0.3, 0.4) is 0 Å². The molecule has 0 N–H and O–H groups in total. The first-order valence-electron chi connectivity index (χ1n) is 5.48. The maximum Gasteiger partial charge on any atom is 0.0463 e. The molecule has 0 radical (unpaired) electrons. The molecule has 0 saturated carbocycles. The van der Waals surface area contributed by atoms with E-state index in [1.54, 1.807) is 0 Å².